The number of piperidine rings is 1. The van der Waals surface area contributed by atoms with Crippen LogP contribution in [0.1, 0.15) is 86.7 Å². The van der Waals surface area contributed by atoms with Gasteiger partial charge in [0.1, 0.15) is 6.04 Å². The molecule has 2 bridgehead atoms. The highest BCUT2D eigenvalue weighted by atomic mass is 16.5. The normalized spacial score (nSPS) is 21.7. The van der Waals surface area contributed by atoms with E-state index in [1.54, 1.807) is 13.8 Å². The van der Waals surface area contributed by atoms with Gasteiger partial charge in [-0.2, -0.15) is 0 Å². The molecule has 2 fully saturated rings. The Hall–Kier alpha value is -3.23. The van der Waals surface area contributed by atoms with Gasteiger partial charge in [0.05, 0.1) is 17.7 Å². The quantitative estimate of drug-likeness (QED) is 0.378. The Bertz CT molecular complexity index is 1130. The first-order chi connectivity index (χ1) is 18.7. The van der Waals surface area contributed by atoms with Crippen molar-refractivity contribution < 1.29 is 19.1 Å². The number of benzene rings is 2. The smallest absolute Gasteiger partial charge is 0.338 e. The van der Waals surface area contributed by atoms with E-state index in [4.69, 9.17) is 10.5 Å². The number of nitrogens with two attached hydrogens (primary N) is 1. The zero-order valence-electron chi connectivity index (χ0n) is 23.3. The molecule has 2 aromatic carbocycles. The van der Waals surface area contributed by atoms with E-state index in [0.29, 0.717) is 18.6 Å². The van der Waals surface area contributed by atoms with Crippen LogP contribution in [0.4, 0.5) is 0 Å². The number of esters is 1. The fourth-order valence-corrected chi connectivity index (χ4v) is 5.83. The minimum atomic E-state index is -1.08. The molecule has 4 rings (SSSR count). The summed E-state index contributed by atoms with van der Waals surface area (Å²) in [5, 5.41) is 4.99. The average molecular weight is 535 g/mol. The molecule has 8 nitrogen and oxygen atoms in total. The first-order valence-electron chi connectivity index (χ1n) is 14.2. The molecule has 39 heavy (non-hydrogen) atoms. The first-order valence-corrected chi connectivity index (χ1v) is 14.2. The molecule has 2 aliphatic rings. The molecular formula is C31H42N4O4. The lowest BCUT2D eigenvalue weighted by molar-refractivity contribution is -0.135. The van der Waals surface area contributed by atoms with Crippen molar-refractivity contribution in [1.29, 1.82) is 0 Å². The van der Waals surface area contributed by atoms with Crippen molar-refractivity contribution in [3.05, 3.63) is 71.3 Å². The van der Waals surface area contributed by atoms with Gasteiger partial charge in [0.25, 0.3) is 5.91 Å². The number of rotatable bonds is 11. The third-order valence-electron chi connectivity index (χ3n) is 7.88. The van der Waals surface area contributed by atoms with Crippen molar-refractivity contribution in [2.24, 2.45) is 5.73 Å². The summed E-state index contributed by atoms with van der Waals surface area (Å²) in [5.41, 5.74) is 11.0. The summed E-state index contributed by atoms with van der Waals surface area (Å²) in [6.45, 7) is 5.43. The van der Waals surface area contributed by atoms with Gasteiger partial charge in [-0.3, -0.25) is 15.0 Å². The van der Waals surface area contributed by atoms with Crippen molar-refractivity contribution in [3.63, 3.8) is 0 Å². The number of nitrogens with one attached hydrogen (secondary N) is 2. The number of carbonyl (C=O) groups is 3. The maximum absolute atomic E-state index is 13.5. The number of hydrazine groups is 1. The van der Waals surface area contributed by atoms with Crippen LogP contribution in [0, 0.1) is 0 Å². The lowest BCUT2D eigenvalue weighted by atomic mass is 9.83. The number of nitrogens with zero attached hydrogens (tertiary/aromatic N) is 1. The van der Waals surface area contributed by atoms with Crippen LogP contribution in [0.2, 0.25) is 0 Å². The number of aryl methyl sites for hydroxylation is 1. The van der Waals surface area contributed by atoms with E-state index in [2.05, 4.69) is 27.9 Å². The molecule has 2 heterocycles. The molecule has 2 aliphatic heterocycles. The molecule has 2 amide bonds. The molecule has 210 valence electrons. The summed E-state index contributed by atoms with van der Waals surface area (Å²) < 4.78 is 5.29. The van der Waals surface area contributed by atoms with Gasteiger partial charge >= 0.3 is 5.97 Å². The molecule has 0 aromatic heterocycles. The lowest BCUT2D eigenvalue weighted by Crippen LogP contribution is -2.60. The van der Waals surface area contributed by atoms with Crippen LogP contribution in [-0.4, -0.2) is 53.1 Å². The second-order valence-corrected chi connectivity index (χ2v) is 11.4. The monoisotopic (exact) mass is 534 g/mol. The third-order valence-corrected chi connectivity index (χ3v) is 7.88. The molecule has 0 saturated carbocycles. The van der Waals surface area contributed by atoms with Crippen molar-refractivity contribution >= 4 is 17.8 Å². The van der Waals surface area contributed by atoms with E-state index in [1.165, 1.54) is 5.56 Å². The van der Waals surface area contributed by atoms with Crippen LogP contribution >= 0.6 is 0 Å². The predicted octanol–water partition coefficient (Wildman–Crippen LogP) is 3.85. The van der Waals surface area contributed by atoms with Crippen molar-refractivity contribution in [1.82, 2.24) is 15.8 Å². The van der Waals surface area contributed by atoms with Gasteiger partial charge in [-0.1, -0.05) is 48.5 Å². The number of fused-ring (bicyclic) bond motifs is 2. The summed E-state index contributed by atoms with van der Waals surface area (Å²) in [6.07, 6.45) is 5.73. The number of hydrogen-bond acceptors (Lipinski definition) is 6. The van der Waals surface area contributed by atoms with Gasteiger partial charge < -0.3 is 15.8 Å². The summed E-state index contributed by atoms with van der Waals surface area (Å²) in [7, 11) is 0. The molecule has 0 aliphatic carbocycles. The molecule has 0 radical (unpaired) electrons. The average Bonchev–Trinajstić information content (AvgIpc) is 3.13. The lowest BCUT2D eigenvalue weighted by Gasteiger charge is -2.40. The zero-order chi connectivity index (χ0) is 28.0. The number of amides is 2. The summed E-state index contributed by atoms with van der Waals surface area (Å²) >= 11 is 0. The minimum absolute atomic E-state index is 0.166. The van der Waals surface area contributed by atoms with Crippen molar-refractivity contribution in [2.75, 3.05) is 6.61 Å². The largest absolute Gasteiger partial charge is 0.462 e. The Balaban J connectivity index is 1.42. The first kappa shape index (κ1) is 28.8. The number of ether oxygens (including phenoxy) is 1. The van der Waals surface area contributed by atoms with E-state index in [1.807, 2.05) is 49.4 Å². The van der Waals surface area contributed by atoms with Crippen LogP contribution in [0.3, 0.4) is 0 Å². The Morgan fingerprint density at radius 2 is 1.67 bits per heavy atom. The van der Waals surface area contributed by atoms with Crippen LogP contribution < -0.4 is 16.5 Å². The van der Waals surface area contributed by atoms with Gasteiger partial charge in [-0.25, -0.2) is 9.80 Å². The third kappa shape index (κ3) is 7.25. The highest BCUT2D eigenvalue weighted by molar-refractivity contribution is 5.92. The maximum atomic E-state index is 13.5. The van der Waals surface area contributed by atoms with E-state index >= 15 is 0 Å². The van der Waals surface area contributed by atoms with Gasteiger partial charge in [0.15, 0.2) is 0 Å². The molecule has 2 aromatic rings. The Morgan fingerprint density at radius 3 is 2.31 bits per heavy atom. The van der Waals surface area contributed by atoms with E-state index in [0.717, 1.165) is 44.1 Å². The number of hydrogen-bond donors (Lipinski definition) is 3. The molecule has 4 N–H and O–H groups in total. The molecule has 3 unspecified atom stereocenters. The van der Waals surface area contributed by atoms with Gasteiger partial charge in [-0.05, 0) is 88.8 Å². The fraction of sp³-hybridized carbons (Fsp3) is 0.516. The van der Waals surface area contributed by atoms with Crippen molar-refractivity contribution in [2.45, 2.75) is 95.3 Å². The maximum Gasteiger partial charge on any atom is 0.338 e. The topological polar surface area (TPSA) is 114 Å². The summed E-state index contributed by atoms with van der Waals surface area (Å²) in [6, 6.07) is 17.5. The highest BCUT2D eigenvalue weighted by Crippen LogP contribution is 2.43. The Kier molecular flexibility index (Phi) is 9.40. The van der Waals surface area contributed by atoms with Crippen molar-refractivity contribution in [3.8, 4) is 0 Å². The summed E-state index contributed by atoms with van der Waals surface area (Å²) in [4.78, 5) is 38.8. The summed E-state index contributed by atoms with van der Waals surface area (Å²) in [5.74, 6) is -0.619. The minimum Gasteiger partial charge on any atom is -0.462 e. The molecule has 2 saturated heterocycles. The van der Waals surface area contributed by atoms with Crippen LogP contribution in [0.25, 0.3) is 0 Å². The zero-order valence-corrected chi connectivity index (χ0v) is 23.3. The van der Waals surface area contributed by atoms with E-state index < -0.39 is 11.6 Å². The SMILES string of the molecule is CCOC(=O)c1ccccc1C1CC2CCC(C1)N2NC(=O)C(CCCc1ccccc1)NC(=O)C(C)(C)N. The number of carbonyl (C=O) groups excluding carboxylic acids is 3. The standard InChI is InChI=1S/C31H42N4O4/c1-4-39-29(37)26-15-9-8-14-25(26)22-19-23-17-18-24(20-22)35(23)34-28(36)27(33-30(38)31(2,3)32)16-10-13-21-11-6-5-7-12-21/h5-9,11-12,14-15,22-24,27H,4,10,13,16-20,32H2,1-3H3,(H,33,38)(H,34,36). The Labute approximate surface area is 231 Å². The van der Waals surface area contributed by atoms with Gasteiger partial charge in [0, 0.05) is 12.1 Å². The van der Waals surface area contributed by atoms with Gasteiger partial charge in [-0.15, -0.1) is 0 Å². The van der Waals surface area contributed by atoms with Crippen LogP contribution in [0.5, 0.6) is 0 Å². The predicted molar refractivity (Wildman–Crippen MR) is 151 cm³/mol. The van der Waals surface area contributed by atoms with Crippen LogP contribution in [0.15, 0.2) is 54.6 Å². The fourth-order valence-electron chi connectivity index (χ4n) is 5.83. The molecule has 8 heteroatoms. The molecule has 0 spiro atoms. The molecule has 3 atom stereocenters. The second kappa shape index (κ2) is 12.7. The highest BCUT2D eigenvalue weighted by Gasteiger charge is 2.43. The Morgan fingerprint density at radius 1 is 1.03 bits per heavy atom. The second-order valence-electron chi connectivity index (χ2n) is 11.4. The van der Waals surface area contributed by atoms with Gasteiger partial charge in [0.2, 0.25) is 5.91 Å². The molecular weight excluding hydrogens is 492 g/mol. The van der Waals surface area contributed by atoms with E-state index in [9.17, 15) is 14.4 Å². The van der Waals surface area contributed by atoms with Crippen LogP contribution in [-0.2, 0) is 20.7 Å². The van der Waals surface area contributed by atoms with E-state index in [-0.39, 0.29) is 35.8 Å².